The highest BCUT2D eigenvalue weighted by atomic mass is 16.4. The fourth-order valence-corrected chi connectivity index (χ4v) is 1.80. The molecule has 0 unspecified atom stereocenters. The summed E-state index contributed by atoms with van der Waals surface area (Å²) in [6, 6.07) is 12.0. The summed E-state index contributed by atoms with van der Waals surface area (Å²) in [7, 11) is 0. The van der Waals surface area contributed by atoms with Gasteiger partial charge in [-0.15, -0.1) is 0 Å². The Balaban J connectivity index is 2.13. The molecule has 1 heterocycles. The molecule has 0 atom stereocenters. The summed E-state index contributed by atoms with van der Waals surface area (Å²) in [5.74, 6) is -1.23. The van der Waals surface area contributed by atoms with Gasteiger partial charge in [-0.3, -0.25) is 9.59 Å². The SMILES string of the molecule is Cc1cccc(C(=O)Nc2cccc(CC(=O)O)c2)n1. The van der Waals surface area contributed by atoms with E-state index in [1.807, 2.05) is 13.0 Å². The van der Waals surface area contributed by atoms with Gasteiger partial charge in [0.25, 0.3) is 5.91 Å². The topological polar surface area (TPSA) is 79.3 Å². The number of hydrogen-bond acceptors (Lipinski definition) is 3. The van der Waals surface area contributed by atoms with Crippen molar-refractivity contribution >= 4 is 17.6 Å². The number of carboxylic acids is 1. The van der Waals surface area contributed by atoms with Crippen LogP contribution in [0.2, 0.25) is 0 Å². The standard InChI is InChI=1S/C15H14N2O3/c1-10-4-2-7-13(16-10)15(20)17-12-6-3-5-11(8-12)9-14(18)19/h2-8H,9H2,1H3,(H,17,20)(H,18,19). The number of rotatable bonds is 4. The molecular weight excluding hydrogens is 256 g/mol. The van der Waals surface area contributed by atoms with E-state index in [4.69, 9.17) is 5.11 Å². The summed E-state index contributed by atoms with van der Waals surface area (Å²) in [6.07, 6.45) is -0.0770. The minimum absolute atomic E-state index is 0.0770. The summed E-state index contributed by atoms with van der Waals surface area (Å²) in [5, 5.41) is 11.5. The van der Waals surface area contributed by atoms with Gasteiger partial charge in [0, 0.05) is 11.4 Å². The van der Waals surface area contributed by atoms with Crippen LogP contribution in [0, 0.1) is 6.92 Å². The zero-order chi connectivity index (χ0) is 14.5. The van der Waals surface area contributed by atoms with Crippen LogP contribution in [0.25, 0.3) is 0 Å². The van der Waals surface area contributed by atoms with Gasteiger partial charge in [-0.1, -0.05) is 18.2 Å². The van der Waals surface area contributed by atoms with Crippen LogP contribution in [0.15, 0.2) is 42.5 Å². The van der Waals surface area contributed by atoms with E-state index in [-0.39, 0.29) is 12.3 Å². The zero-order valence-corrected chi connectivity index (χ0v) is 11.0. The second kappa shape index (κ2) is 5.97. The van der Waals surface area contributed by atoms with Crippen molar-refractivity contribution in [2.45, 2.75) is 13.3 Å². The van der Waals surface area contributed by atoms with Crippen LogP contribution in [-0.4, -0.2) is 22.0 Å². The Morgan fingerprint density at radius 2 is 1.95 bits per heavy atom. The van der Waals surface area contributed by atoms with Crippen molar-refractivity contribution in [2.75, 3.05) is 5.32 Å². The highest BCUT2D eigenvalue weighted by molar-refractivity contribution is 6.02. The van der Waals surface area contributed by atoms with Gasteiger partial charge < -0.3 is 10.4 Å². The number of aromatic nitrogens is 1. The zero-order valence-electron chi connectivity index (χ0n) is 11.0. The highest BCUT2D eigenvalue weighted by Gasteiger charge is 2.08. The van der Waals surface area contributed by atoms with Gasteiger partial charge in [-0.25, -0.2) is 4.98 Å². The van der Waals surface area contributed by atoms with E-state index in [1.54, 1.807) is 36.4 Å². The lowest BCUT2D eigenvalue weighted by Gasteiger charge is -2.06. The van der Waals surface area contributed by atoms with Crippen molar-refractivity contribution in [3.05, 3.63) is 59.4 Å². The molecule has 1 aromatic heterocycles. The Kier molecular flexibility index (Phi) is 4.10. The monoisotopic (exact) mass is 270 g/mol. The van der Waals surface area contributed by atoms with Gasteiger partial charge in [-0.05, 0) is 36.8 Å². The van der Waals surface area contributed by atoms with E-state index in [9.17, 15) is 9.59 Å². The number of hydrogen-bond donors (Lipinski definition) is 2. The maximum atomic E-state index is 12.0. The minimum atomic E-state index is -0.908. The molecule has 0 saturated carbocycles. The first-order valence-electron chi connectivity index (χ1n) is 6.10. The van der Waals surface area contributed by atoms with Gasteiger partial charge in [0.15, 0.2) is 0 Å². The summed E-state index contributed by atoms with van der Waals surface area (Å²) < 4.78 is 0. The molecule has 0 aliphatic heterocycles. The first-order chi connectivity index (χ1) is 9.54. The van der Waals surface area contributed by atoms with E-state index < -0.39 is 5.97 Å². The second-order valence-corrected chi connectivity index (χ2v) is 4.39. The number of pyridine rings is 1. The third-order valence-electron chi connectivity index (χ3n) is 2.66. The Labute approximate surface area is 116 Å². The van der Waals surface area contributed by atoms with Crippen molar-refractivity contribution in [1.82, 2.24) is 4.98 Å². The number of amides is 1. The van der Waals surface area contributed by atoms with E-state index >= 15 is 0 Å². The van der Waals surface area contributed by atoms with Crippen molar-refractivity contribution in [3.8, 4) is 0 Å². The van der Waals surface area contributed by atoms with Gasteiger partial charge in [0.05, 0.1) is 6.42 Å². The summed E-state index contributed by atoms with van der Waals surface area (Å²) in [4.78, 5) is 26.8. The van der Waals surface area contributed by atoms with Crippen LogP contribution in [0.5, 0.6) is 0 Å². The number of carbonyl (C=O) groups is 2. The molecule has 20 heavy (non-hydrogen) atoms. The fourth-order valence-electron chi connectivity index (χ4n) is 1.80. The number of aliphatic carboxylic acids is 1. The van der Waals surface area contributed by atoms with E-state index in [2.05, 4.69) is 10.3 Å². The average molecular weight is 270 g/mol. The lowest BCUT2D eigenvalue weighted by molar-refractivity contribution is -0.136. The third kappa shape index (κ3) is 3.65. The molecule has 2 rings (SSSR count). The maximum Gasteiger partial charge on any atom is 0.307 e. The molecule has 5 nitrogen and oxygen atoms in total. The van der Waals surface area contributed by atoms with Gasteiger partial charge >= 0.3 is 5.97 Å². The first-order valence-corrected chi connectivity index (χ1v) is 6.10. The molecule has 2 aromatic rings. The number of carboxylic acid groups (broad SMARTS) is 1. The minimum Gasteiger partial charge on any atom is -0.481 e. The quantitative estimate of drug-likeness (QED) is 0.893. The van der Waals surface area contributed by atoms with Gasteiger partial charge in [-0.2, -0.15) is 0 Å². The molecule has 2 N–H and O–H groups in total. The summed E-state index contributed by atoms with van der Waals surface area (Å²) in [6.45, 7) is 1.81. The van der Waals surface area contributed by atoms with Crippen molar-refractivity contribution in [2.24, 2.45) is 0 Å². The fraction of sp³-hybridized carbons (Fsp3) is 0.133. The lowest BCUT2D eigenvalue weighted by atomic mass is 10.1. The molecule has 102 valence electrons. The number of nitrogens with zero attached hydrogens (tertiary/aromatic N) is 1. The Bertz CT molecular complexity index is 653. The third-order valence-corrected chi connectivity index (χ3v) is 2.66. The van der Waals surface area contributed by atoms with Crippen LogP contribution in [-0.2, 0) is 11.2 Å². The van der Waals surface area contributed by atoms with E-state index in [0.29, 0.717) is 16.9 Å². The number of carbonyl (C=O) groups excluding carboxylic acids is 1. The molecule has 1 aromatic carbocycles. The molecule has 0 radical (unpaired) electrons. The van der Waals surface area contributed by atoms with Crippen LogP contribution in [0.1, 0.15) is 21.7 Å². The normalized spacial score (nSPS) is 10.1. The summed E-state index contributed by atoms with van der Waals surface area (Å²) in [5.41, 5.74) is 2.27. The molecule has 0 fully saturated rings. The first kappa shape index (κ1) is 13.7. The van der Waals surface area contributed by atoms with Crippen LogP contribution < -0.4 is 5.32 Å². The van der Waals surface area contributed by atoms with Gasteiger partial charge in [0.1, 0.15) is 5.69 Å². The van der Waals surface area contributed by atoms with Crippen molar-refractivity contribution < 1.29 is 14.7 Å². The molecule has 0 bridgehead atoms. The number of anilines is 1. The number of benzene rings is 1. The average Bonchev–Trinajstić information content (AvgIpc) is 2.38. The van der Waals surface area contributed by atoms with E-state index in [1.165, 1.54) is 0 Å². The maximum absolute atomic E-state index is 12.0. The molecular formula is C15H14N2O3. The smallest absolute Gasteiger partial charge is 0.307 e. The van der Waals surface area contributed by atoms with Gasteiger partial charge in [0.2, 0.25) is 0 Å². The lowest BCUT2D eigenvalue weighted by Crippen LogP contribution is -2.14. The van der Waals surface area contributed by atoms with Crippen LogP contribution in [0.3, 0.4) is 0 Å². The molecule has 0 saturated heterocycles. The number of nitrogens with one attached hydrogen (secondary N) is 1. The predicted molar refractivity (Wildman–Crippen MR) is 74.7 cm³/mol. The predicted octanol–water partition coefficient (Wildman–Crippen LogP) is 2.27. The molecule has 0 aliphatic rings. The van der Waals surface area contributed by atoms with E-state index in [0.717, 1.165) is 5.69 Å². The van der Waals surface area contributed by atoms with Crippen LogP contribution >= 0.6 is 0 Å². The Hall–Kier alpha value is -2.69. The molecule has 1 amide bonds. The Morgan fingerprint density at radius 1 is 1.20 bits per heavy atom. The highest BCUT2D eigenvalue weighted by Crippen LogP contribution is 2.12. The van der Waals surface area contributed by atoms with Crippen LogP contribution in [0.4, 0.5) is 5.69 Å². The summed E-state index contributed by atoms with van der Waals surface area (Å²) >= 11 is 0. The molecule has 5 heteroatoms. The second-order valence-electron chi connectivity index (χ2n) is 4.39. The largest absolute Gasteiger partial charge is 0.481 e. The molecule has 0 spiro atoms. The van der Waals surface area contributed by atoms with Crippen molar-refractivity contribution in [1.29, 1.82) is 0 Å². The Morgan fingerprint density at radius 3 is 2.65 bits per heavy atom. The number of aryl methyl sites for hydroxylation is 1. The molecule has 0 aliphatic carbocycles. The van der Waals surface area contributed by atoms with Crippen molar-refractivity contribution in [3.63, 3.8) is 0 Å².